The van der Waals surface area contributed by atoms with Crippen molar-refractivity contribution in [2.24, 2.45) is 5.92 Å². The average molecular weight is 356 g/mol. The summed E-state index contributed by atoms with van der Waals surface area (Å²) in [5, 5.41) is 10.2. The van der Waals surface area contributed by atoms with Crippen LogP contribution < -0.4 is 9.47 Å². The summed E-state index contributed by atoms with van der Waals surface area (Å²) < 4.78 is 36.4. The van der Waals surface area contributed by atoms with E-state index in [0.29, 0.717) is 32.8 Å². The number of aliphatic hydroxyl groups excluding tert-OH is 1. The summed E-state index contributed by atoms with van der Waals surface area (Å²) in [7, 11) is -0.278. The van der Waals surface area contributed by atoms with Crippen LogP contribution in [-0.2, 0) is 16.6 Å². The Morgan fingerprint density at radius 1 is 1.21 bits per heavy atom. The van der Waals surface area contributed by atoms with Gasteiger partial charge in [0.15, 0.2) is 11.5 Å². The third-order valence-electron chi connectivity index (χ3n) is 4.48. The van der Waals surface area contributed by atoms with Crippen molar-refractivity contribution in [3.8, 4) is 11.5 Å². The summed E-state index contributed by atoms with van der Waals surface area (Å²) in [6, 6.07) is 5.82. The Balaban J connectivity index is 1.63. The molecule has 2 atom stereocenters. The number of nitrogens with zero attached hydrogens (tertiary/aromatic N) is 2. The van der Waals surface area contributed by atoms with Gasteiger partial charge in [-0.05, 0) is 17.7 Å². The van der Waals surface area contributed by atoms with Crippen LogP contribution >= 0.6 is 0 Å². The van der Waals surface area contributed by atoms with Gasteiger partial charge in [0.1, 0.15) is 13.2 Å². The van der Waals surface area contributed by atoms with Crippen molar-refractivity contribution in [2.45, 2.75) is 12.6 Å². The number of benzene rings is 1. The Morgan fingerprint density at radius 3 is 2.62 bits per heavy atom. The first kappa shape index (κ1) is 17.5. The van der Waals surface area contributed by atoms with Gasteiger partial charge >= 0.3 is 0 Å². The second kappa shape index (κ2) is 6.87. The minimum Gasteiger partial charge on any atom is -0.486 e. The number of ether oxygens (including phenoxy) is 2. The van der Waals surface area contributed by atoms with Crippen molar-refractivity contribution >= 4 is 10.0 Å². The minimum atomic E-state index is -3.31. The molecule has 3 rings (SSSR count). The quantitative estimate of drug-likeness (QED) is 0.809. The van der Waals surface area contributed by atoms with E-state index >= 15 is 0 Å². The maximum absolute atomic E-state index is 12.0. The van der Waals surface area contributed by atoms with Crippen molar-refractivity contribution in [2.75, 3.05) is 46.2 Å². The number of likely N-dealkylation sites (tertiary alicyclic amines) is 1. The van der Waals surface area contributed by atoms with Gasteiger partial charge in [0.2, 0.25) is 10.0 Å². The molecular weight excluding hydrogens is 332 g/mol. The zero-order valence-electron chi connectivity index (χ0n) is 14.0. The molecule has 2 heterocycles. The Bertz CT molecular complexity index is 692. The molecule has 0 aliphatic carbocycles. The van der Waals surface area contributed by atoms with Gasteiger partial charge in [-0.25, -0.2) is 12.7 Å². The van der Waals surface area contributed by atoms with Crippen LogP contribution in [0, 0.1) is 5.92 Å². The Kier molecular flexibility index (Phi) is 5.00. The lowest BCUT2D eigenvalue weighted by Gasteiger charge is -2.21. The lowest BCUT2D eigenvalue weighted by Crippen LogP contribution is -2.33. The van der Waals surface area contributed by atoms with E-state index in [1.165, 1.54) is 18.4 Å². The molecule has 0 radical (unpaired) electrons. The number of rotatable bonds is 5. The maximum atomic E-state index is 12.0. The average Bonchev–Trinajstić information content (AvgIpc) is 2.86. The fraction of sp³-hybridized carbons (Fsp3) is 0.625. The van der Waals surface area contributed by atoms with Crippen LogP contribution in [0.5, 0.6) is 11.5 Å². The molecule has 2 aliphatic rings. The van der Waals surface area contributed by atoms with Gasteiger partial charge in [0, 0.05) is 39.6 Å². The molecule has 0 spiro atoms. The molecule has 0 saturated carbocycles. The van der Waals surface area contributed by atoms with Crippen LogP contribution in [0.25, 0.3) is 0 Å². The van der Waals surface area contributed by atoms with Gasteiger partial charge in [0.05, 0.1) is 11.9 Å². The smallest absolute Gasteiger partial charge is 0.214 e. The van der Waals surface area contributed by atoms with Crippen molar-refractivity contribution in [3.63, 3.8) is 0 Å². The first-order valence-corrected chi connectivity index (χ1v) is 9.65. The van der Waals surface area contributed by atoms with Gasteiger partial charge in [-0.3, -0.25) is 4.90 Å². The summed E-state index contributed by atoms with van der Waals surface area (Å²) in [6.45, 7) is 2.78. The number of fused-ring (bicyclic) bond motifs is 1. The third-order valence-corrected chi connectivity index (χ3v) is 6.44. The molecule has 2 aliphatic heterocycles. The molecule has 1 aromatic carbocycles. The molecule has 7 nitrogen and oxygen atoms in total. The molecule has 1 N–H and O–H groups in total. The Labute approximate surface area is 142 Å². The van der Waals surface area contributed by atoms with Crippen LogP contribution in [0.2, 0.25) is 0 Å². The third kappa shape index (κ3) is 3.83. The molecule has 1 saturated heterocycles. The molecule has 134 valence electrons. The van der Waals surface area contributed by atoms with Gasteiger partial charge in [-0.1, -0.05) is 6.07 Å². The highest BCUT2D eigenvalue weighted by Gasteiger charge is 2.35. The Hall–Kier alpha value is -1.35. The van der Waals surface area contributed by atoms with E-state index in [1.54, 1.807) is 0 Å². The minimum absolute atomic E-state index is 0.0290. The molecule has 2 unspecified atom stereocenters. The van der Waals surface area contributed by atoms with Gasteiger partial charge in [-0.15, -0.1) is 0 Å². The van der Waals surface area contributed by atoms with Crippen LogP contribution in [0.1, 0.15) is 5.56 Å². The summed E-state index contributed by atoms with van der Waals surface area (Å²) in [6.07, 6.45) is -0.628. The molecule has 0 aromatic heterocycles. The molecule has 1 fully saturated rings. The molecule has 0 bridgehead atoms. The van der Waals surface area contributed by atoms with Gasteiger partial charge in [-0.2, -0.15) is 0 Å². The largest absolute Gasteiger partial charge is 0.486 e. The lowest BCUT2D eigenvalue weighted by molar-refractivity contribution is 0.148. The van der Waals surface area contributed by atoms with Crippen molar-refractivity contribution in [3.05, 3.63) is 23.8 Å². The van der Waals surface area contributed by atoms with E-state index in [0.717, 1.165) is 17.1 Å². The highest BCUT2D eigenvalue weighted by Crippen LogP contribution is 2.31. The summed E-state index contributed by atoms with van der Waals surface area (Å²) in [4.78, 5) is 2.08. The molecule has 0 amide bonds. The van der Waals surface area contributed by atoms with Gasteiger partial charge in [0.25, 0.3) is 0 Å². The second-order valence-electron chi connectivity index (χ2n) is 6.56. The maximum Gasteiger partial charge on any atom is 0.214 e. The molecule has 1 aromatic rings. The monoisotopic (exact) mass is 356 g/mol. The number of β-amino-alcohol motifs (C(OH)–C–C–N with tert-alkyl or cyclic N) is 1. The van der Waals surface area contributed by atoms with E-state index in [-0.39, 0.29) is 11.7 Å². The predicted octanol–water partition coefficient (Wildman–Crippen LogP) is 0.142. The highest BCUT2D eigenvalue weighted by atomic mass is 32.2. The van der Waals surface area contributed by atoms with Crippen molar-refractivity contribution in [1.29, 1.82) is 0 Å². The number of hydrogen-bond donors (Lipinski definition) is 1. The zero-order chi connectivity index (χ0) is 17.3. The van der Waals surface area contributed by atoms with E-state index in [4.69, 9.17) is 9.47 Å². The van der Waals surface area contributed by atoms with E-state index in [2.05, 4.69) is 4.90 Å². The van der Waals surface area contributed by atoms with Crippen LogP contribution in [-0.4, -0.2) is 75.0 Å². The predicted molar refractivity (Wildman–Crippen MR) is 89.7 cm³/mol. The van der Waals surface area contributed by atoms with E-state index in [9.17, 15) is 13.5 Å². The standard InChI is InChI=1S/C16H24N2O5S/c1-17(2)24(20,21)11-13-9-18(10-14(13)19)8-12-3-4-15-16(7-12)23-6-5-22-15/h3-4,7,13-14,19H,5-6,8-11H2,1-2H3. The first-order valence-electron chi connectivity index (χ1n) is 8.04. The number of sulfonamides is 1. The van der Waals surface area contributed by atoms with E-state index in [1.807, 2.05) is 18.2 Å². The molecule has 8 heteroatoms. The topological polar surface area (TPSA) is 79.3 Å². The summed E-state index contributed by atoms with van der Waals surface area (Å²) >= 11 is 0. The second-order valence-corrected chi connectivity index (χ2v) is 8.79. The molecular formula is C16H24N2O5S. The van der Waals surface area contributed by atoms with Crippen molar-refractivity contribution < 1.29 is 23.0 Å². The number of hydrogen-bond acceptors (Lipinski definition) is 6. The lowest BCUT2D eigenvalue weighted by atomic mass is 10.1. The normalized spacial score (nSPS) is 24.5. The van der Waals surface area contributed by atoms with Crippen molar-refractivity contribution in [1.82, 2.24) is 9.21 Å². The van der Waals surface area contributed by atoms with Crippen LogP contribution in [0.15, 0.2) is 18.2 Å². The summed E-state index contributed by atoms with van der Waals surface area (Å²) in [5.74, 6) is 1.19. The fourth-order valence-corrected chi connectivity index (χ4v) is 4.27. The zero-order valence-corrected chi connectivity index (χ0v) is 14.8. The Morgan fingerprint density at radius 2 is 1.92 bits per heavy atom. The number of aliphatic hydroxyl groups is 1. The highest BCUT2D eigenvalue weighted by molar-refractivity contribution is 7.89. The summed E-state index contributed by atoms with van der Waals surface area (Å²) in [5.41, 5.74) is 1.06. The van der Waals surface area contributed by atoms with Gasteiger partial charge < -0.3 is 14.6 Å². The van der Waals surface area contributed by atoms with Crippen LogP contribution in [0.3, 0.4) is 0 Å². The fourth-order valence-electron chi connectivity index (χ4n) is 3.10. The first-order chi connectivity index (χ1) is 11.3. The van der Waals surface area contributed by atoms with Crippen LogP contribution in [0.4, 0.5) is 0 Å². The molecule has 24 heavy (non-hydrogen) atoms. The van der Waals surface area contributed by atoms with E-state index < -0.39 is 16.1 Å². The SMILES string of the molecule is CN(C)S(=O)(=O)CC1CN(Cc2ccc3c(c2)OCCO3)CC1O.